The Hall–Kier alpha value is -3.68. The van der Waals surface area contributed by atoms with Crippen molar-refractivity contribution >= 4 is 11.0 Å². The van der Waals surface area contributed by atoms with Crippen LogP contribution in [0.5, 0.6) is 5.75 Å². The lowest BCUT2D eigenvalue weighted by atomic mass is 9.75. The van der Waals surface area contributed by atoms with Gasteiger partial charge < -0.3 is 4.74 Å². The molecule has 3 aromatic heterocycles. The summed E-state index contributed by atoms with van der Waals surface area (Å²) in [5.41, 5.74) is 3.61. The van der Waals surface area contributed by atoms with Crippen molar-refractivity contribution < 1.29 is 17.9 Å². The van der Waals surface area contributed by atoms with Crippen LogP contribution >= 0.6 is 0 Å². The predicted molar refractivity (Wildman–Crippen MR) is 136 cm³/mol. The maximum absolute atomic E-state index is 14.6. The minimum atomic E-state index is -3.00. The molecule has 1 aliphatic carbocycles. The third kappa shape index (κ3) is 5.10. The molecule has 0 N–H and O–H groups in total. The number of benzene rings is 1. The second-order valence-corrected chi connectivity index (χ2v) is 9.70. The number of alkyl halides is 2. The van der Waals surface area contributed by atoms with Gasteiger partial charge in [0.25, 0.3) is 5.56 Å². The van der Waals surface area contributed by atoms with Crippen LogP contribution in [0.1, 0.15) is 65.6 Å². The van der Waals surface area contributed by atoms with Crippen molar-refractivity contribution in [3.05, 3.63) is 99.0 Å². The molecule has 1 fully saturated rings. The molecule has 0 unspecified atom stereocenters. The average molecular weight is 508 g/mol. The van der Waals surface area contributed by atoms with Gasteiger partial charge in [0.15, 0.2) is 0 Å². The summed E-state index contributed by atoms with van der Waals surface area (Å²) in [5, 5.41) is 0.791. The van der Waals surface area contributed by atoms with E-state index in [9.17, 15) is 18.0 Å². The molecule has 0 bridgehead atoms. The SMILES string of the molecule is Cc1ccc2cc(C3CCC(c4c(C)cccc4F)CC3)c(=O)n(Cc3ncccc3OC(F)F)c2n1. The topological polar surface area (TPSA) is 57.0 Å². The van der Waals surface area contributed by atoms with Crippen LogP contribution in [0.25, 0.3) is 11.0 Å². The first kappa shape index (κ1) is 25.0. The molecule has 5 nitrogen and oxygen atoms in total. The maximum atomic E-state index is 14.6. The molecule has 1 saturated carbocycles. The van der Waals surface area contributed by atoms with Crippen LogP contribution < -0.4 is 10.3 Å². The zero-order chi connectivity index (χ0) is 26.1. The van der Waals surface area contributed by atoms with Crippen LogP contribution in [-0.4, -0.2) is 21.1 Å². The lowest BCUT2D eigenvalue weighted by molar-refractivity contribution is -0.0507. The number of hydrogen-bond donors (Lipinski definition) is 0. The molecular formula is C29H28F3N3O2. The number of halogens is 3. The standard InChI is InChI=1S/C29H28F3N3O2/c1-17-5-3-6-23(30)26(17)20-12-10-19(11-13-20)22-15-21-9-8-18(2)34-27(21)35(28(22)36)16-24-25(37-29(31)32)7-4-14-33-24/h3-9,14-15,19-20,29H,10-13,16H2,1-2H3. The van der Waals surface area contributed by atoms with Gasteiger partial charge in [-0.05, 0) is 98.9 Å². The van der Waals surface area contributed by atoms with E-state index in [1.807, 2.05) is 38.1 Å². The normalized spacial score (nSPS) is 17.9. The first-order chi connectivity index (χ1) is 17.8. The van der Waals surface area contributed by atoms with Crippen molar-refractivity contribution in [1.82, 2.24) is 14.5 Å². The lowest BCUT2D eigenvalue weighted by Crippen LogP contribution is -2.29. The number of nitrogens with zero attached hydrogens (tertiary/aromatic N) is 3. The van der Waals surface area contributed by atoms with E-state index in [-0.39, 0.29) is 41.2 Å². The Balaban J connectivity index is 1.51. The quantitative estimate of drug-likeness (QED) is 0.294. The molecule has 37 heavy (non-hydrogen) atoms. The highest BCUT2D eigenvalue weighted by Crippen LogP contribution is 2.41. The minimum absolute atomic E-state index is 0.00768. The Labute approximate surface area is 213 Å². The minimum Gasteiger partial charge on any atom is -0.433 e. The van der Waals surface area contributed by atoms with Gasteiger partial charge in [0.2, 0.25) is 0 Å². The van der Waals surface area contributed by atoms with E-state index < -0.39 is 6.61 Å². The van der Waals surface area contributed by atoms with Crippen LogP contribution in [-0.2, 0) is 6.54 Å². The van der Waals surface area contributed by atoms with Gasteiger partial charge in [0.1, 0.15) is 22.9 Å². The van der Waals surface area contributed by atoms with E-state index in [0.717, 1.165) is 47.9 Å². The molecule has 5 rings (SSSR count). The van der Waals surface area contributed by atoms with Gasteiger partial charge in [-0.1, -0.05) is 12.1 Å². The third-order valence-corrected chi connectivity index (χ3v) is 7.32. The molecule has 0 saturated heterocycles. The van der Waals surface area contributed by atoms with Gasteiger partial charge >= 0.3 is 6.61 Å². The van der Waals surface area contributed by atoms with Crippen LogP contribution in [0.15, 0.2) is 59.5 Å². The first-order valence-corrected chi connectivity index (χ1v) is 12.5. The van der Waals surface area contributed by atoms with Gasteiger partial charge in [-0.3, -0.25) is 14.3 Å². The molecule has 0 spiro atoms. The summed E-state index contributed by atoms with van der Waals surface area (Å²) in [7, 11) is 0. The molecule has 8 heteroatoms. The third-order valence-electron chi connectivity index (χ3n) is 7.32. The van der Waals surface area contributed by atoms with Gasteiger partial charge in [-0.2, -0.15) is 8.78 Å². The molecule has 4 aromatic rings. The summed E-state index contributed by atoms with van der Waals surface area (Å²) in [6, 6.07) is 13.8. The Bertz CT molecular complexity index is 1470. The number of ether oxygens (including phenoxy) is 1. The lowest BCUT2D eigenvalue weighted by Gasteiger charge is -2.30. The number of aryl methyl sites for hydroxylation is 2. The number of fused-ring (bicyclic) bond motifs is 1. The Morgan fingerprint density at radius 2 is 1.78 bits per heavy atom. The van der Waals surface area contributed by atoms with Crippen molar-refractivity contribution in [3.63, 3.8) is 0 Å². The molecule has 0 radical (unpaired) electrons. The molecule has 0 atom stereocenters. The fourth-order valence-corrected chi connectivity index (χ4v) is 5.55. The number of aromatic nitrogens is 3. The molecule has 3 heterocycles. The second-order valence-electron chi connectivity index (χ2n) is 9.70. The van der Waals surface area contributed by atoms with Crippen LogP contribution in [0, 0.1) is 19.7 Å². The summed E-state index contributed by atoms with van der Waals surface area (Å²) in [6.07, 6.45) is 4.55. The predicted octanol–water partition coefficient (Wildman–Crippen LogP) is 6.64. The summed E-state index contributed by atoms with van der Waals surface area (Å²) in [5.74, 6) is -0.119. The second kappa shape index (κ2) is 10.4. The molecule has 0 amide bonds. The number of pyridine rings is 3. The highest BCUT2D eigenvalue weighted by Gasteiger charge is 2.29. The van der Waals surface area contributed by atoms with Crippen molar-refractivity contribution in [2.45, 2.75) is 64.5 Å². The molecular weight excluding hydrogens is 479 g/mol. The van der Waals surface area contributed by atoms with E-state index in [1.165, 1.54) is 29.0 Å². The van der Waals surface area contributed by atoms with Gasteiger partial charge in [0, 0.05) is 22.8 Å². The van der Waals surface area contributed by atoms with E-state index in [2.05, 4.69) is 14.7 Å². The van der Waals surface area contributed by atoms with Gasteiger partial charge in [0.05, 0.1) is 6.54 Å². The summed E-state index contributed by atoms with van der Waals surface area (Å²) in [4.78, 5) is 22.6. The molecule has 192 valence electrons. The smallest absolute Gasteiger partial charge is 0.387 e. The van der Waals surface area contributed by atoms with E-state index in [0.29, 0.717) is 11.2 Å². The summed E-state index contributed by atoms with van der Waals surface area (Å²) >= 11 is 0. The highest BCUT2D eigenvalue weighted by molar-refractivity contribution is 5.76. The van der Waals surface area contributed by atoms with Crippen LogP contribution in [0.2, 0.25) is 0 Å². The Morgan fingerprint density at radius 3 is 2.51 bits per heavy atom. The fraction of sp³-hybridized carbons (Fsp3) is 0.345. The monoisotopic (exact) mass is 507 g/mol. The molecule has 1 aromatic carbocycles. The average Bonchev–Trinajstić information content (AvgIpc) is 2.87. The van der Waals surface area contributed by atoms with Crippen molar-refractivity contribution in [2.75, 3.05) is 0 Å². The maximum Gasteiger partial charge on any atom is 0.387 e. The van der Waals surface area contributed by atoms with Crippen LogP contribution in [0.4, 0.5) is 13.2 Å². The Morgan fingerprint density at radius 1 is 1.03 bits per heavy atom. The van der Waals surface area contributed by atoms with Crippen molar-refractivity contribution in [3.8, 4) is 5.75 Å². The van der Waals surface area contributed by atoms with Gasteiger partial charge in [-0.25, -0.2) is 9.37 Å². The summed E-state index contributed by atoms with van der Waals surface area (Å²) in [6.45, 7) is 0.717. The Kier molecular flexibility index (Phi) is 7.00. The molecule has 0 aliphatic heterocycles. The van der Waals surface area contributed by atoms with E-state index in [1.54, 1.807) is 6.07 Å². The van der Waals surface area contributed by atoms with Crippen molar-refractivity contribution in [1.29, 1.82) is 0 Å². The number of rotatable bonds is 6. The first-order valence-electron chi connectivity index (χ1n) is 12.5. The van der Waals surface area contributed by atoms with Crippen molar-refractivity contribution in [2.24, 2.45) is 0 Å². The largest absolute Gasteiger partial charge is 0.433 e. The number of hydrogen-bond acceptors (Lipinski definition) is 4. The fourth-order valence-electron chi connectivity index (χ4n) is 5.55. The van der Waals surface area contributed by atoms with E-state index >= 15 is 0 Å². The highest BCUT2D eigenvalue weighted by atomic mass is 19.3. The van der Waals surface area contributed by atoms with Crippen LogP contribution in [0.3, 0.4) is 0 Å². The zero-order valence-corrected chi connectivity index (χ0v) is 20.8. The van der Waals surface area contributed by atoms with E-state index in [4.69, 9.17) is 0 Å². The molecule has 1 aliphatic rings. The summed E-state index contributed by atoms with van der Waals surface area (Å²) < 4.78 is 46.7. The van der Waals surface area contributed by atoms with Gasteiger partial charge in [-0.15, -0.1) is 0 Å². The zero-order valence-electron chi connectivity index (χ0n) is 20.8.